The maximum absolute atomic E-state index is 12.7. The van der Waals surface area contributed by atoms with Crippen molar-refractivity contribution in [1.82, 2.24) is 15.1 Å². The molecule has 2 heterocycles. The summed E-state index contributed by atoms with van der Waals surface area (Å²) in [6, 6.07) is -0.164. The van der Waals surface area contributed by atoms with Crippen LogP contribution in [-0.4, -0.2) is 58.5 Å². The number of aromatic nitrogens is 2. The third kappa shape index (κ3) is 4.42. The quantitative estimate of drug-likeness (QED) is 0.536. The van der Waals surface area contributed by atoms with Crippen LogP contribution >= 0.6 is 35.2 Å². The highest BCUT2D eigenvalue weighted by Gasteiger charge is 2.37. The average molecular weight is 379 g/mol. The van der Waals surface area contributed by atoms with Crippen LogP contribution in [0, 0.1) is 0 Å². The zero-order valence-electron chi connectivity index (χ0n) is 13.0. The van der Waals surface area contributed by atoms with Gasteiger partial charge in [-0.2, -0.15) is 0 Å². The van der Waals surface area contributed by atoms with Crippen LogP contribution in [0.2, 0.25) is 0 Å². The van der Waals surface area contributed by atoms with Gasteiger partial charge in [-0.1, -0.05) is 5.10 Å². The van der Waals surface area contributed by atoms with E-state index in [9.17, 15) is 4.79 Å². The van der Waals surface area contributed by atoms with Crippen molar-refractivity contribution in [3.63, 3.8) is 0 Å². The topological polar surface area (TPSA) is 67.8 Å². The number of hydrogen-bond acceptors (Lipinski definition) is 7. The van der Waals surface area contributed by atoms with E-state index in [2.05, 4.69) is 10.2 Å². The Hall–Kier alpha value is -1.19. The maximum atomic E-state index is 12.7. The van der Waals surface area contributed by atoms with E-state index in [1.54, 1.807) is 4.90 Å². The first-order valence-electron chi connectivity index (χ1n) is 7.31. The van der Waals surface area contributed by atoms with E-state index >= 15 is 0 Å². The number of thiocarbonyl (C=S) groups is 1. The van der Waals surface area contributed by atoms with E-state index in [0.29, 0.717) is 47.2 Å². The molecular weight excluding hydrogens is 360 g/mol. The minimum Gasteiger partial charge on any atom is -0.472 e. The van der Waals surface area contributed by atoms with Gasteiger partial charge in [0.2, 0.25) is 5.13 Å². The van der Waals surface area contributed by atoms with E-state index in [1.165, 1.54) is 23.3 Å². The molecule has 1 atom stereocenters. The monoisotopic (exact) mass is 378 g/mol. The Labute approximate surface area is 149 Å². The summed E-state index contributed by atoms with van der Waals surface area (Å²) in [6.45, 7) is 3.17. The number of ether oxygens (including phenoxy) is 2. The van der Waals surface area contributed by atoms with Gasteiger partial charge in [-0.05, 0) is 36.9 Å². The fraction of sp³-hybridized carbons (Fsp3) is 0.692. The van der Waals surface area contributed by atoms with Gasteiger partial charge in [-0.15, -0.1) is 16.7 Å². The molecule has 0 spiro atoms. The first-order chi connectivity index (χ1) is 11.1. The Morgan fingerprint density at radius 1 is 1.52 bits per heavy atom. The van der Waals surface area contributed by atoms with Crippen LogP contribution in [0.5, 0.6) is 5.19 Å². The Morgan fingerprint density at radius 3 is 2.91 bits per heavy atom. The lowest BCUT2D eigenvalue weighted by molar-refractivity contribution is 0.119. The van der Waals surface area contributed by atoms with Crippen molar-refractivity contribution < 1.29 is 14.3 Å². The van der Waals surface area contributed by atoms with Crippen molar-refractivity contribution in [1.29, 1.82) is 0 Å². The SMILES string of the molecule is CCN1CCC(OC(=S)CCCCl)N(c2nnc(OC)s2)C1=O. The number of carbonyl (C=O) groups is 1. The van der Waals surface area contributed by atoms with Crippen LogP contribution in [0.1, 0.15) is 26.2 Å². The van der Waals surface area contributed by atoms with Crippen molar-refractivity contribution in [2.45, 2.75) is 32.4 Å². The molecular formula is C13H19ClN4O3S2. The fourth-order valence-corrected chi connectivity index (χ4v) is 3.27. The zero-order chi connectivity index (χ0) is 16.8. The summed E-state index contributed by atoms with van der Waals surface area (Å²) in [5.74, 6) is 0.522. The van der Waals surface area contributed by atoms with Gasteiger partial charge < -0.3 is 14.4 Å². The highest BCUT2D eigenvalue weighted by molar-refractivity contribution is 7.80. The first-order valence-corrected chi connectivity index (χ1v) is 9.07. The number of carbonyl (C=O) groups excluding carboxylic acids is 1. The summed E-state index contributed by atoms with van der Waals surface area (Å²) in [7, 11) is 1.51. The molecule has 1 saturated heterocycles. The second-order valence-electron chi connectivity index (χ2n) is 4.81. The molecule has 0 bridgehead atoms. The number of alkyl halides is 1. The maximum Gasteiger partial charge on any atom is 0.329 e. The number of anilines is 1. The number of nitrogens with zero attached hydrogens (tertiary/aromatic N) is 4. The van der Waals surface area contributed by atoms with Crippen molar-refractivity contribution in [2.24, 2.45) is 0 Å². The molecule has 1 aliphatic rings. The van der Waals surface area contributed by atoms with Crippen LogP contribution in [-0.2, 0) is 4.74 Å². The third-order valence-corrected chi connectivity index (χ3v) is 4.80. The molecule has 128 valence electrons. The van der Waals surface area contributed by atoms with Gasteiger partial charge in [0.25, 0.3) is 5.19 Å². The van der Waals surface area contributed by atoms with E-state index < -0.39 is 6.23 Å². The predicted octanol–water partition coefficient (Wildman–Crippen LogP) is 2.89. The second kappa shape index (κ2) is 8.60. The second-order valence-corrected chi connectivity index (χ2v) is 6.56. The third-order valence-electron chi connectivity index (χ3n) is 3.35. The standard InChI is InChI=1S/C13H19ClN4O3S2/c1-3-17-8-6-9(21-10(22)5-4-7-14)18(13(17)19)11-15-16-12(20-2)23-11/h9H,3-8H2,1-2H3. The molecule has 0 radical (unpaired) electrons. The van der Waals surface area contributed by atoms with Gasteiger partial charge in [0, 0.05) is 31.8 Å². The lowest BCUT2D eigenvalue weighted by Gasteiger charge is -2.39. The van der Waals surface area contributed by atoms with Gasteiger partial charge >= 0.3 is 6.03 Å². The largest absolute Gasteiger partial charge is 0.472 e. The van der Waals surface area contributed by atoms with Crippen molar-refractivity contribution in [2.75, 3.05) is 31.0 Å². The number of halogens is 1. The normalized spacial score (nSPS) is 18.2. The summed E-state index contributed by atoms with van der Waals surface area (Å²) in [5, 5.41) is 9.20. The Balaban J connectivity index is 2.17. The molecule has 23 heavy (non-hydrogen) atoms. The smallest absolute Gasteiger partial charge is 0.329 e. The van der Waals surface area contributed by atoms with Crippen LogP contribution < -0.4 is 9.64 Å². The zero-order valence-corrected chi connectivity index (χ0v) is 15.4. The van der Waals surface area contributed by atoms with Crippen LogP contribution in [0.4, 0.5) is 9.93 Å². The van der Waals surface area contributed by atoms with Crippen LogP contribution in [0.3, 0.4) is 0 Å². The van der Waals surface area contributed by atoms with Crippen molar-refractivity contribution >= 4 is 51.4 Å². The Kier molecular flexibility index (Phi) is 6.79. The molecule has 1 aromatic heterocycles. The van der Waals surface area contributed by atoms with Gasteiger partial charge in [0.1, 0.15) is 0 Å². The first kappa shape index (κ1) is 18.2. The van der Waals surface area contributed by atoms with Crippen molar-refractivity contribution in [3.05, 3.63) is 0 Å². The van der Waals surface area contributed by atoms with Crippen LogP contribution in [0.15, 0.2) is 0 Å². The molecule has 0 aromatic carbocycles. The lowest BCUT2D eigenvalue weighted by Crippen LogP contribution is -2.55. The molecule has 10 heteroatoms. The Morgan fingerprint density at radius 2 is 2.30 bits per heavy atom. The molecule has 2 rings (SSSR count). The number of urea groups is 1. The average Bonchev–Trinajstić information content (AvgIpc) is 3.02. The molecule has 1 fully saturated rings. The molecule has 7 nitrogen and oxygen atoms in total. The molecule has 0 saturated carbocycles. The summed E-state index contributed by atoms with van der Waals surface area (Å²) in [4.78, 5) is 15.9. The molecule has 1 unspecified atom stereocenters. The number of methoxy groups -OCH3 is 1. The minimum absolute atomic E-state index is 0.164. The van der Waals surface area contributed by atoms with Gasteiger partial charge in [0.05, 0.1) is 7.11 Å². The molecule has 1 aliphatic heterocycles. The molecule has 1 aromatic rings. The van der Waals surface area contributed by atoms with Gasteiger partial charge in [0.15, 0.2) is 11.3 Å². The van der Waals surface area contributed by atoms with Crippen LogP contribution in [0.25, 0.3) is 0 Å². The van der Waals surface area contributed by atoms with Gasteiger partial charge in [-0.25, -0.2) is 9.69 Å². The Bertz CT molecular complexity index is 557. The highest BCUT2D eigenvalue weighted by Crippen LogP contribution is 2.31. The molecule has 2 amide bonds. The number of hydrogen-bond donors (Lipinski definition) is 0. The number of amides is 2. The summed E-state index contributed by atoms with van der Waals surface area (Å²) >= 11 is 12.1. The molecule has 0 aliphatic carbocycles. The number of rotatable bonds is 7. The summed E-state index contributed by atoms with van der Waals surface area (Å²) in [5.41, 5.74) is 0. The predicted molar refractivity (Wildman–Crippen MR) is 93.6 cm³/mol. The van der Waals surface area contributed by atoms with E-state index in [-0.39, 0.29) is 6.03 Å². The highest BCUT2D eigenvalue weighted by atomic mass is 35.5. The summed E-state index contributed by atoms with van der Waals surface area (Å²) in [6.07, 6.45) is 1.50. The lowest BCUT2D eigenvalue weighted by atomic mass is 10.2. The fourth-order valence-electron chi connectivity index (χ4n) is 2.18. The molecule has 0 N–H and O–H groups in total. The summed E-state index contributed by atoms with van der Waals surface area (Å²) < 4.78 is 10.9. The van der Waals surface area contributed by atoms with Gasteiger partial charge in [-0.3, -0.25) is 0 Å². The van der Waals surface area contributed by atoms with E-state index in [4.69, 9.17) is 33.3 Å². The van der Waals surface area contributed by atoms with E-state index in [0.717, 1.165) is 6.42 Å². The van der Waals surface area contributed by atoms with E-state index in [1.807, 2.05) is 6.92 Å². The van der Waals surface area contributed by atoms with Crippen molar-refractivity contribution in [3.8, 4) is 5.19 Å². The minimum atomic E-state index is -0.481.